The van der Waals surface area contributed by atoms with Gasteiger partial charge in [0.1, 0.15) is 0 Å². The number of aromatic amines is 1. The molecule has 1 atom stereocenters. The summed E-state index contributed by atoms with van der Waals surface area (Å²) in [4.78, 5) is 17.3. The predicted octanol–water partition coefficient (Wildman–Crippen LogP) is -0.572. The van der Waals surface area contributed by atoms with Gasteiger partial charge in [-0.05, 0) is 19.8 Å². The van der Waals surface area contributed by atoms with E-state index in [-0.39, 0.29) is 5.88 Å². The highest BCUT2D eigenvalue weighted by Crippen LogP contribution is 2.14. The largest absolute Gasteiger partial charge is 0.492 e. The number of imidazole rings is 1. The molecule has 0 aromatic carbocycles. The summed E-state index contributed by atoms with van der Waals surface area (Å²) in [6.07, 6.45) is 1.22. The van der Waals surface area contributed by atoms with E-state index in [1.54, 1.807) is 6.92 Å². The summed E-state index contributed by atoms with van der Waals surface area (Å²) in [6, 6.07) is -0.603. The van der Waals surface area contributed by atoms with E-state index >= 15 is 0 Å². The molecule has 0 spiro atoms. The average Bonchev–Trinajstić information content (AvgIpc) is 2.53. The van der Waals surface area contributed by atoms with Crippen molar-refractivity contribution in [3.8, 4) is 5.88 Å². The number of hydrogen-bond donors (Lipinski definition) is 5. The van der Waals surface area contributed by atoms with E-state index in [2.05, 4.69) is 15.3 Å². The first-order valence-corrected chi connectivity index (χ1v) is 5.05. The number of nitrogens with zero attached hydrogens (tertiary/aromatic N) is 1. The highest BCUT2D eigenvalue weighted by Gasteiger charge is 2.08. The van der Waals surface area contributed by atoms with Gasteiger partial charge in [-0.3, -0.25) is 4.79 Å². The van der Waals surface area contributed by atoms with Crippen molar-refractivity contribution in [3.63, 3.8) is 0 Å². The molecule has 0 fully saturated rings. The zero-order chi connectivity index (χ0) is 12.1. The third-order valence-electron chi connectivity index (χ3n) is 2.21. The van der Waals surface area contributed by atoms with Crippen molar-refractivity contribution < 1.29 is 9.90 Å². The SMILES string of the molecule is Cc1[nH]c(NCCCC(N)C(N)=O)nc1O. The number of amides is 1. The van der Waals surface area contributed by atoms with E-state index in [0.717, 1.165) is 0 Å². The van der Waals surface area contributed by atoms with Crippen LogP contribution in [-0.2, 0) is 4.79 Å². The molecule has 0 aliphatic rings. The first kappa shape index (κ1) is 12.3. The van der Waals surface area contributed by atoms with E-state index in [4.69, 9.17) is 11.5 Å². The Morgan fingerprint density at radius 3 is 2.88 bits per heavy atom. The predicted molar refractivity (Wildman–Crippen MR) is 59.9 cm³/mol. The molecule has 7 heteroatoms. The molecule has 0 saturated carbocycles. The molecule has 1 aromatic rings. The van der Waals surface area contributed by atoms with Crippen LogP contribution in [0.1, 0.15) is 18.5 Å². The van der Waals surface area contributed by atoms with Crippen LogP contribution in [0, 0.1) is 6.92 Å². The van der Waals surface area contributed by atoms with Gasteiger partial charge in [-0.2, -0.15) is 4.98 Å². The summed E-state index contributed by atoms with van der Waals surface area (Å²) in [5, 5.41) is 12.2. The van der Waals surface area contributed by atoms with Gasteiger partial charge in [0.05, 0.1) is 11.7 Å². The Hall–Kier alpha value is -1.76. The van der Waals surface area contributed by atoms with Crippen molar-refractivity contribution in [2.75, 3.05) is 11.9 Å². The van der Waals surface area contributed by atoms with Crippen LogP contribution < -0.4 is 16.8 Å². The van der Waals surface area contributed by atoms with Gasteiger partial charge in [-0.25, -0.2) is 0 Å². The quantitative estimate of drug-likeness (QED) is 0.415. The van der Waals surface area contributed by atoms with Crippen molar-refractivity contribution in [3.05, 3.63) is 5.69 Å². The maximum Gasteiger partial charge on any atom is 0.234 e. The van der Waals surface area contributed by atoms with Crippen LogP contribution in [0.4, 0.5) is 5.95 Å². The maximum atomic E-state index is 10.6. The van der Waals surface area contributed by atoms with Crippen LogP contribution in [0.5, 0.6) is 5.88 Å². The van der Waals surface area contributed by atoms with Crippen molar-refractivity contribution in [1.82, 2.24) is 9.97 Å². The van der Waals surface area contributed by atoms with Gasteiger partial charge in [0.15, 0.2) is 0 Å². The zero-order valence-corrected chi connectivity index (χ0v) is 9.16. The zero-order valence-electron chi connectivity index (χ0n) is 9.16. The monoisotopic (exact) mass is 227 g/mol. The summed E-state index contributed by atoms with van der Waals surface area (Å²) in [5.74, 6) is -0.00882. The molecule has 0 bridgehead atoms. The smallest absolute Gasteiger partial charge is 0.234 e. The number of rotatable bonds is 6. The second-order valence-electron chi connectivity index (χ2n) is 3.61. The van der Waals surface area contributed by atoms with Crippen LogP contribution in [0.25, 0.3) is 0 Å². The Bertz CT molecular complexity index is 343. The lowest BCUT2D eigenvalue weighted by Crippen LogP contribution is -2.36. The first-order chi connectivity index (χ1) is 7.50. The molecule has 0 radical (unpaired) electrons. The number of anilines is 1. The summed E-state index contributed by atoms with van der Waals surface area (Å²) in [5.41, 5.74) is 11.1. The van der Waals surface area contributed by atoms with E-state index in [0.29, 0.717) is 31.0 Å². The Morgan fingerprint density at radius 2 is 2.38 bits per heavy atom. The van der Waals surface area contributed by atoms with Crippen LogP contribution >= 0.6 is 0 Å². The summed E-state index contributed by atoms with van der Waals surface area (Å²) in [7, 11) is 0. The van der Waals surface area contributed by atoms with Crippen molar-refractivity contribution in [2.24, 2.45) is 11.5 Å². The molecule has 1 aromatic heterocycles. The van der Waals surface area contributed by atoms with E-state index < -0.39 is 11.9 Å². The molecule has 90 valence electrons. The number of carbonyl (C=O) groups is 1. The molecular formula is C9H17N5O2. The Balaban J connectivity index is 2.23. The van der Waals surface area contributed by atoms with Crippen molar-refractivity contribution in [1.29, 1.82) is 0 Å². The lowest BCUT2D eigenvalue weighted by molar-refractivity contribution is -0.119. The third kappa shape index (κ3) is 3.43. The maximum absolute atomic E-state index is 10.6. The molecular weight excluding hydrogens is 210 g/mol. The minimum Gasteiger partial charge on any atom is -0.492 e. The summed E-state index contributed by atoms with van der Waals surface area (Å²) in [6.45, 7) is 2.32. The molecule has 0 aliphatic carbocycles. The van der Waals surface area contributed by atoms with Crippen LogP contribution in [0.3, 0.4) is 0 Å². The normalized spacial score (nSPS) is 12.4. The molecule has 1 heterocycles. The molecule has 7 N–H and O–H groups in total. The topological polar surface area (TPSA) is 130 Å². The van der Waals surface area contributed by atoms with Crippen LogP contribution in [0.2, 0.25) is 0 Å². The average molecular weight is 227 g/mol. The minimum absolute atomic E-state index is 0.0173. The highest BCUT2D eigenvalue weighted by molar-refractivity contribution is 5.79. The number of H-pyrrole nitrogens is 1. The number of nitrogens with two attached hydrogens (primary N) is 2. The van der Waals surface area contributed by atoms with Gasteiger partial charge in [0.2, 0.25) is 17.7 Å². The highest BCUT2D eigenvalue weighted by atomic mass is 16.3. The molecule has 16 heavy (non-hydrogen) atoms. The number of carbonyl (C=O) groups excluding carboxylic acids is 1. The molecule has 1 unspecified atom stereocenters. The van der Waals surface area contributed by atoms with Gasteiger partial charge in [-0.1, -0.05) is 0 Å². The molecule has 0 saturated heterocycles. The fourth-order valence-corrected chi connectivity index (χ4v) is 1.21. The Morgan fingerprint density at radius 1 is 1.69 bits per heavy atom. The van der Waals surface area contributed by atoms with E-state index in [9.17, 15) is 9.90 Å². The lowest BCUT2D eigenvalue weighted by Gasteiger charge is -2.07. The van der Waals surface area contributed by atoms with Gasteiger partial charge >= 0.3 is 0 Å². The van der Waals surface area contributed by atoms with Crippen molar-refractivity contribution in [2.45, 2.75) is 25.8 Å². The minimum atomic E-state index is -0.603. The number of nitrogens with one attached hydrogen (secondary N) is 2. The second kappa shape index (κ2) is 5.36. The number of aromatic nitrogens is 2. The molecule has 1 amide bonds. The first-order valence-electron chi connectivity index (χ1n) is 5.05. The fourth-order valence-electron chi connectivity index (χ4n) is 1.21. The van der Waals surface area contributed by atoms with Crippen LogP contribution in [-0.4, -0.2) is 33.6 Å². The van der Waals surface area contributed by atoms with Crippen molar-refractivity contribution >= 4 is 11.9 Å². The standard InChI is InChI=1S/C9H17N5O2/c1-5-8(16)14-9(13-5)12-4-2-3-6(10)7(11)15/h6,16H,2-4,10H2,1H3,(H2,11,15)(H2,12,13,14). The number of hydrogen-bond acceptors (Lipinski definition) is 5. The van der Waals surface area contributed by atoms with Gasteiger partial charge in [0.25, 0.3) is 0 Å². The van der Waals surface area contributed by atoms with Gasteiger partial charge in [-0.15, -0.1) is 0 Å². The lowest BCUT2D eigenvalue weighted by atomic mass is 10.1. The van der Waals surface area contributed by atoms with Crippen LogP contribution in [0.15, 0.2) is 0 Å². The number of aromatic hydroxyl groups is 1. The Kier molecular flexibility index (Phi) is 4.12. The van der Waals surface area contributed by atoms with E-state index in [1.807, 2.05) is 0 Å². The number of aryl methyl sites for hydroxylation is 1. The third-order valence-corrected chi connectivity index (χ3v) is 2.21. The summed E-state index contributed by atoms with van der Waals surface area (Å²) < 4.78 is 0. The van der Waals surface area contributed by atoms with Gasteiger partial charge < -0.3 is 26.9 Å². The molecule has 7 nitrogen and oxygen atoms in total. The van der Waals surface area contributed by atoms with E-state index in [1.165, 1.54) is 0 Å². The summed E-state index contributed by atoms with van der Waals surface area (Å²) >= 11 is 0. The number of primary amides is 1. The Labute approximate surface area is 93.2 Å². The molecule has 0 aliphatic heterocycles. The van der Waals surface area contributed by atoms with Gasteiger partial charge in [0, 0.05) is 6.54 Å². The second-order valence-corrected chi connectivity index (χ2v) is 3.61. The molecule has 1 rings (SSSR count). The fraction of sp³-hybridized carbons (Fsp3) is 0.556.